The normalized spacial score (nSPS) is 17.5. The lowest BCUT2D eigenvalue weighted by atomic mass is 9.95. The number of amides is 1. The number of ketones is 1. The number of rotatable bonds is 5. The largest absolute Gasteiger partial charge is 0.507 e. The molecule has 10 nitrogen and oxygen atoms in total. The van der Waals surface area contributed by atoms with Gasteiger partial charge in [-0.05, 0) is 54.1 Å². The van der Waals surface area contributed by atoms with E-state index < -0.39 is 38.4 Å². The molecule has 4 rings (SSSR count). The Labute approximate surface area is 204 Å². The molecular formula is C23H16ClN3O7S. The van der Waals surface area contributed by atoms with E-state index in [0.717, 1.165) is 17.0 Å². The minimum atomic E-state index is -4.02. The zero-order valence-corrected chi connectivity index (χ0v) is 19.2. The van der Waals surface area contributed by atoms with Crippen molar-refractivity contribution in [2.45, 2.75) is 10.9 Å². The summed E-state index contributed by atoms with van der Waals surface area (Å²) in [4.78, 5) is 37.8. The summed E-state index contributed by atoms with van der Waals surface area (Å²) in [6.45, 7) is 0. The highest BCUT2D eigenvalue weighted by atomic mass is 35.5. The number of nitrogens with two attached hydrogens (primary N) is 1. The lowest BCUT2D eigenvalue weighted by Gasteiger charge is -2.25. The van der Waals surface area contributed by atoms with E-state index in [9.17, 15) is 33.2 Å². The van der Waals surface area contributed by atoms with Crippen LogP contribution in [0.2, 0.25) is 5.02 Å². The number of nitro benzene ring substituents is 1. The Bertz CT molecular complexity index is 1500. The van der Waals surface area contributed by atoms with Crippen molar-refractivity contribution in [2.24, 2.45) is 5.14 Å². The molecule has 0 bridgehead atoms. The molecule has 1 fully saturated rings. The maximum atomic E-state index is 13.1. The van der Waals surface area contributed by atoms with Crippen molar-refractivity contribution in [3.8, 4) is 0 Å². The predicted octanol–water partition coefficient (Wildman–Crippen LogP) is 3.52. The molecule has 0 unspecified atom stereocenters. The second-order valence-corrected chi connectivity index (χ2v) is 9.56. The lowest BCUT2D eigenvalue weighted by Crippen LogP contribution is -2.29. The number of sulfonamides is 1. The number of aliphatic hydroxyl groups is 1. The number of carbonyl (C=O) groups is 2. The smallest absolute Gasteiger partial charge is 0.300 e. The summed E-state index contributed by atoms with van der Waals surface area (Å²) in [5, 5.41) is 27.9. The summed E-state index contributed by atoms with van der Waals surface area (Å²) >= 11 is 5.90. The zero-order valence-electron chi connectivity index (χ0n) is 17.7. The molecule has 12 heteroatoms. The van der Waals surface area contributed by atoms with Gasteiger partial charge in [0.2, 0.25) is 10.0 Å². The number of hydrogen-bond donors (Lipinski definition) is 2. The van der Waals surface area contributed by atoms with E-state index in [-0.39, 0.29) is 33.0 Å². The Kier molecular flexibility index (Phi) is 6.15. The Hall–Kier alpha value is -4.06. The van der Waals surface area contributed by atoms with Crippen molar-refractivity contribution < 1.29 is 28.0 Å². The van der Waals surface area contributed by atoms with E-state index in [1.807, 2.05) is 0 Å². The molecule has 1 aliphatic rings. The summed E-state index contributed by atoms with van der Waals surface area (Å²) < 4.78 is 23.2. The van der Waals surface area contributed by atoms with E-state index >= 15 is 0 Å². The highest BCUT2D eigenvalue weighted by Crippen LogP contribution is 2.43. The molecule has 0 radical (unpaired) electrons. The third-order valence-corrected chi connectivity index (χ3v) is 6.58. The monoisotopic (exact) mass is 513 g/mol. The second kappa shape index (κ2) is 8.95. The van der Waals surface area contributed by atoms with E-state index in [4.69, 9.17) is 16.7 Å². The van der Waals surface area contributed by atoms with Gasteiger partial charge in [-0.1, -0.05) is 23.7 Å². The van der Waals surface area contributed by atoms with Crippen LogP contribution in [0.3, 0.4) is 0 Å². The van der Waals surface area contributed by atoms with Gasteiger partial charge < -0.3 is 5.11 Å². The molecule has 0 spiro atoms. The van der Waals surface area contributed by atoms with Crippen LogP contribution in [0.15, 0.2) is 83.3 Å². The molecule has 3 aromatic rings. The van der Waals surface area contributed by atoms with Crippen LogP contribution in [0.1, 0.15) is 17.2 Å². The van der Waals surface area contributed by atoms with Gasteiger partial charge in [-0.2, -0.15) is 0 Å². The molecule has 1 atom stereocenters. The van der Waals surface area contributed by atoms with Crippen molar-refractivity contribution >= 4 is 50.4 Å². The number of halogens is 1. The lowest BCUT2D eigenvalue weighted by molar-refractivity contribution is -0.384. The number of non-ortho nitro benzene ring substituents is 1. The van der Waals surface area contributed by atoms with Crippen molar-refractivity contribution in [2.75, 3.05) is 4.90 Å². The van der Waals surface area contributed by atoms with Gasteiger partial charge in [0.25, 0.3) is 17.4 Å². The first-order valence-corrected chi connectivity index (χ1v) is 11.9. The van der Waals surface area contributed by atoms with Crippen LogP contribution in [-0.2, 0) is 19.6 Å². The van der Waals surface area contributed by atoms with Crippen LogP contribution in [0.25, 0.3) is 5.76 Å². The molecule has 3 aromatic carbocycles. The highest BCUT2D eigenvalue weighted by Gasteiger charge is 2.47. The van der Waals surface area contributed by atoms with Crippen LogP contribution in [-0.4, -0.2) is 30.1 Å². The first-order chi connectivity index (χ1) is 16.5. The molecule has 1 aliphatic heterocycles. The maximum absolute atomic E-state index is 13.1. The molecule has 1 heterocycles. The molecule has 0 saturated carbocycles. The van der Waals surface area contributed by atoms with Gasteiger partial charge in [0.15, 0.2) is 0 Å². The number of anilines is 1. The van der Waals surface area contributed by atoms with Crippen LogP contribution in [0.5, 0.6) is 0 Å². The van der Waals surface area contributed by atoms with E-state index in [2.05, 4.69) is 0 Å². The standard InChI is InChI=1S/C23H16ClN3O7S/c24-15-6-4-13(5-7-15)21(28)19-20(14-2-1-3-17(12-14)27(31)32)26(23(30)22(19)29)16-8-10-18(11-9-16)35(25,33)34/h1-12,20,28H,(H2,25,33,34)/t20-/m1/s1. The maximum Gasteiger partial charge on any atom is 0.300 e. The Balaban J connectivity index is 1.95. The fourth-order valence-corrected chi connectivity index (χ4v) is 4.42. The zero-order chi connectivity index (χ0) is 25.5. The van der Waals surface area contributed by atoms with E-state index in [1.54, 1.807) is 0 Å². The van der Waals surface area contributed by atoms with Gasteiger partial charge in [0.1, 0.15) is 5.76 Å². The fraction of sp³-hybridized carbons (Fsp3) is 0.0435. The molecule has 0 aliphatic carbocycles. The third-order valence-electron chi connectivity index (χ3n) is 5.40. The minimum Gasteiger partial charge on any atom is -0.507 e. The number of benzene rings is 3. The average molecular weight is 514 g/mol. The van der Waals surface area contributed by atoms with Gasteiger partial charge in [-0.25, -0.2) is 13.6 Å². The Morgan fingerprint density at radius 1 is 1.03 bits per heavy atom. The number of nitrogens with zero attached hydrogens (tertiary/aromatic N) is 2. The van der Waals surface area contributed by atoms with Crippen LogP contribution < -0.4 is 10.0 Å². The van der Waals surface area contributed by atoms with Crippen LogP contribution in [0, 0.1) is 10.1 Å². The van der Waals surface area contributed by atoms with Crippen LogP contribution in [0.4, 0.5) is 11.4 Å². The van der Waals surface area contributed by atoms with E-state index in [0.29, 0.717) is 5.02 Å². The van der Waals surface area contributed by atoms with Crippen molar-refractivity contribution in [1.82, 2.24) is 0 Å². The Morgan fingerprint density at radius 3 is 2.23 bits per heavy atom. The average Bonchev–Trinajstić information content (AvgIpc) is 3.09. The summed E-state index contributed by atoms with van der Waals surface area (Å²) in [5.74, 6) is -2.54. The van der Waals surface area contributed by atoms with Gasteiger partial charge in [0.05, 0.1) is 21.4 Å². The SMILES string of the molecule is NS(=O)(=O)c1ccc(N2C(=O)C(=O)C(=C(O)c3ccc(Cl)cc3)[C@H]2c2cccc([N+](=O)[O-])c2)cc1. The number of Topliss-reactive ketones (excluding diaryl/α,β-unsaturated/α-hetero) is 1. The highest BCUT2D eigenvalue weighted by molar-refractivity contribution is 7.89. The molecule has 35 heavy (non-hydrogen) atoms. The summed E-state index contributed by atoms with van der Waals surface area (Å²) in [6.07, 6.45) is 0. The van der Waals surface area contributed by atoms with E-state index in [1.165, 1.54) is 60.7 Å². The first kappa shape index (κ1) is 24.1. The number of primary sulfonamides is 1. The van der Waals surface area contributed by atoms with Crippen molar-refractivity contribution in [1.29, 1.82) is 0 Å². The van der Waals surface area contributed by atoms with Gasteiger partial charge in [-0.15, -0.1) is 0 Å². The van der Waals surface area contributed by atoms with Crippen molar-refractivity contribution in [3.05, 3.63) is 105 Å². The second-order valence-electron chi connectivity index (χ2n) is 7.57. The van der Waals surface area contributed by atoms with Gasteiger partial charge in [0, 0.05) is 28.4 Å². The minimum absolute atomic E-state index is 0.117. The van der Waals surface area contributed by atoms with Crippen LogP contribution >= 0.6 is 11.6 Å². The van der Waals surface area contributed by atoms with Gasteiger partial charge in [-0.3, -0.25) is 24.6 Å². The quantitative estimate of drug-likeness (QED) is 0.173. The molecule has 1 saturated heterocycles. The van der Waals surface area contributed by atoms with Crippen molar-refractivity contribution in [3.63, 3.8) is 0 Å². The summed E-state index contributed by atoms with van der Waals surface area (Å²) in [6, 6.07) is 14.8. The summed E-state index contributed by atoms with van der Waals surface area (Å²) in [7, 11) is -4.02. The molecular weight excluding hydrogens is 498 g/mol. The molecule has 1 amide bonds. The summed E-state index contributed by atoms with van der Waals surface area (Å²) in [5.41, 5.74) is -0.0829. The fourth-order valence-electron chi connectivity index (χ4n) is 3.78. The first-order valence-electron chi connectivity index (χ1n) is 9.93. The number of nitro groups is 1. The molecule has 178 valence electrons. The number of carbonyl (C=O) groups excluding carboxylic acids is 2. The number of hydrogen-bond acceptors (Lipinski definition) is 7. The topological polar surface area (TPSA) is 161 Å². The van der Waals surface area contributed by atoms with Gasteiger partial charge >= 0.3 is 0 Å². The number of aliphatic hydroxyl groups excluding tert-OH is 1. The molecule has 3 N–H and O–H groups in total. The third kappa shape index (κ3) is 4.52. The molecule has 0 aromatic heterocycles. The Morgan fingerprint density at radius 2 is 1.66 bits per heavy atom. The predicted molar refractivity (Wildman–Crippen MR) is 127 cm³/mol.